The SMILES string of the molecule is COc1cc2c(cc1OC)C(CC=O)N(C(=O)OC(C)(C)C)CC2. The van der Waals surface area contributed by atoms with Crippen molar-refractivity contribution < 1.29 is 23.8 Å². The standard InChI is InChI=1S/C18H25NO5/c1-18(2,3)24-17(21)19-8-6-12-10-15(22-4)16(23-5)11-13(12)14(19)7-9-20/h9-11,14H,6-8H2,1-5H3. The highest BCUT2D eigenvalue weighted by Gasteiger charge is 2.34. The summed E-state index contributed by atoms with van der Waals surface area (Å²) in [6, 6.07) is 3.40. The summed E-state index contributed by atoms with van der Waals surface area (Å²) >= 11 is 0. The van der Waals surface area contributed by atoms with E-state index in [0.717, 1.165) is 17.4 Å². The molecule has 1 aliphatic heterocycles. The van der Waals surface area contributed by atoms with Gasteiger partial charge in [0.1, 0.15) is 11.9 Å². The second-order valence-corrected chi connectivity index (χ2v) is 6.75. The summed E-state index contributed by atoms with van der Waals surface area (Å²) < 4.78 is 16.2. The van der Waals surface area contributed by atoms with Crippen LogP contribution in [0.1, 0.15) is 44.4 Å². The maximum absolute atomic E-state index is 12.5. The van der Waals surface area contributed by atoms with Gasteiger partial charge >= 0.3 is 6.09 Å². The molecule has 0 radical (unpaired) electrons. The number of hydrogen-bond acceptors (Lipinski definition) is 5. The lowest BCUT2D eigenvalue weighted by atomic mass is 9.90. The summed E-state index contributed by atoms with van der Waals surface area (Å²) in [6.45, 7) is 5.97. The third-order valence-electron chi connectivity index (χ3n) is 3.95. The van der Waals surface area contributed by atoms with Gasteiger partial charge in [-0.05, 0) is 50.5 Å². The molecular formula is C18H25NO5. The highest BCUT2D eigenvalue weighted by molar-refractivity contribution is 5.71. The summed E-state index contributed by atoms with van der Waals surface area (Å²) in [5, 5.41) is 0. The molecule has 2 rings (SSSR count). The number of nitrogens with zero attached hydrogens (tertiary/aromatic N) is 1. The van der Waals surface area contributed by atoms with Gasteiger partial charge in [0, 0.05) is 13.0 Å². The molecule has 24 heavy (non-hydrogen) atoms. The molecule has 0 aromatic heterocycles. The number of benzene rings is 1. The smallest absolute Gasteiger partial charge is 0.410 e. The normalized spacial score (nSPS) is 17.0. The van der Waals surface area contributed by atoms with Gasteiger partial charge < -0.3 is 23.9 Å². The van der Waals surface area contributed by atoms with E-state index in [1.165, 1.54) is 0 Å². The van der Waals surface area contributed by atoms with Crippen LogP contribution in [0.4, 0.5) is 4.79 Å². The number of carbonyl (C=O) groups is 2. The Morgan fingerprint density at radius 3 is 2.42 bits per heavy atom. The Labute approximate surface area is 142 Å². The van der Waals surface area contributed by atoms with Crippen LogP contribution in [0.5, 0.6) is 11.5 Å². The Bertz CT molecular complexity index is 621. The molecule has 0 aliphatic carbocycles. The van der Waals surface area contributed by atoms with E-state index in [1.54, 1.807) is 19.1 Å². The second kappa shape index (κ2) is 7.11. The van der Waals surface area contributed by atoms with Gasteiger partial charge in [-0.15, -0.1) is 0 Å². The van der Waals surface area contributed by atoms with Crippen LogP contribution in [0.2, 0.25) is 0 Å². The quantitative estimate of drug-likeness (QED) is 0.791. The molecule has 0 saturated heterocycles. The topological polar surface area (TPSA) is 65.1 Å². The van der Waals surface area contributed by atoms with Crippen molar-refractivity contribution in [1.82, 2.24) is 4.90 Å². The largest absolute Gasteiger partial charge is 0.493 e. The Morgan fingerprint density at radius 1 is 1.25 bits per heavy atom. The van der Waals surface area contributed by atoms with Crippen molar-refractivity contribution in [3.63, 3.8) is 0 Å². The monoisotopic (exact) mass is 335 g/mol. The number of rotatable bonds is 4. The lowest BCUT2D eigenvalue weighted by Gasteiger charge is -2.37. The van der Waals surface area contributed by atoms with Crippen LogP contribution in [0.25, 0.3) is 0 Å². The fraction of sp³-hybridized carbons (Fsp3) is 0.556. The Kier molecular flexibility index (Phi) is 5.36. The fourth-order valence-corrected chi connectivity index (χ4v) is 2.91. The molecule has 0 N–H and O–H groups in total. The molecule has 0 saturated carbocycles. The lowest BCUT2D eigenvalue weighted by Crippen LogP contribution is -2.43. The Balaban J connectivity index is 2.40. The third-order valence-corrected chi connectivity index (χ3v) is 3.95. The van der Waals surface area contributed by atoms with Gasteiger partial charge in [0.15, 0.2) is 11.5 Å². The maximum Gasteiger partial charge on any atom is 0.410 e. The van der Waals surface area contributed by atoms with Gasteiger partial charge in [-0.3, -0.25) is 0 Å². The van der Waals surface area contributed by atoms with E-state index in [9.17, 15) is 9.59 Å². The molecule has 6 heteroatoms. The molecule has 132 valence electrons. The number of amides is 1. The highest BCUT2D eigenvalue weighted by atomic mass is 16.6. The number of methoxy groups -OCH3 is 2. The summed E-state index contributed by atoms with van der Waals surface area (Å²) in [6.07, 6.45) is 1.30. The molecule has 1 amide bonds. The zero-order valence-electron chi connectivity index (χ0n) is 14.9. The van der Waals surface area contributed by atoms with Crippen molar-refractivity contribution >= 4 is 12.4 Å². The van der Waals surface area contributed by atoms with Crippen molar-refractivity contribution in [2.24, 2.45) is 0 Å². The van der Waals surface area contributed by atoms with Crippen LogP contribution in [0.3, 0.4) is 0 Å². The summed E-state index contributed by atoms with van der Waals surface area (Å²) in [5.41, 5.74) is 1.37. The summed E-state index contributed by atoms with van der Waals surface area (Å²) in [4.78, 5) is 25.3. The minimum absolute atomic E-state index is 0.210. The molecule has 0 spiro atoms. The van der Waals surface area contributed by atoms with Crippen molar-refractivity contribution in [1.29, 1.82) is 0 Å². The van der Waals surface area contributed by atoms with Crippen LogP contribution in [0, 0.1) is 0 Å². The first kappa shape index (κ1) is 18.1. The summed E-state index contributed by atoms with van der Waals surface area (Å²) in [5.74, 6) is 1.23. The molecule has 1 aromatic carbocycles. The van der Waals surface area contributed by atoms with Crippen LogP contribution in [-0.2, 0) is 16.0 Å². The van der Waals surface area contributed by atoms with Crippen LogP contribution < -0.4 is 9.47 Å². The highest BCUT2D eigenvalue weighted by Crippen LogP contribution is 2.39. The van der Waals surface area contributed by atoms with Crippen molar-refractivity contribution in [3.05, 3.63) is 23.3 Å². The van der Waals surface area contributed by atoms with E-state index in [-0.39, 0.29) is 12.5 Å². The molecule has 1 heterocycles. The molecular weight excluding hydrogens is 310 g/mol. The third kappa shape index (κ3) is 3.80. The van der Waals surface area contributed by atoms with Crippen molar-refractivity contribution in [3.8, 4) is 11.5 Å². The van der Waals surface area contributed by atoms with Crippen LogP contribution in [-0.4, -0.2) is 43.6 Å². The van der Waals surface area contributed by atoms with Crippen molar-refractivity contribution in [2.75, 3.05) is 20.8 Å². The van der Waals surface area contributed by atoms with Gasteiger partial charge in [0.25, 0.3) is 0 Å². The first-order chi connectivity index (χ1) is 11.3. The fourth-order valence-electron chi connectivity index (χ4n) is 2.91. The maximum atomic E-state index is 12.5. The Morgan fingerprint density at radius 2 is 1.88 bits per heavy atom. The van der Waals surface area contributed by atoms with Gasteiger partial charge in [-0.2, -0.15) is 0 Å². The van der Waals surface area contributed by atoms with Gasteiger partial charge in [0.05, 0.1) is 20.3 Å². The van der Waals surface area contributed by atoms with Gasteiger partial charge in [0.2, 0.25) is 0 Å². The molecule has 0 bridgehead atoms. The van der Waals surface area contributed by atoms with Gasteiger partial charge in [-0.25, -0.2) is 4.79 Å². The van der Waals surface area contributed by atoms with Crippen LogP contribution in [0.15, 0.2) is 12.1 Å². The van der Waals surface area contributed by atoms with Gasteiger partial charge in [-0.1, -0.05) is 0 Å². The molecule has 1 aliphatic rings. The van der Waals surface area contributed by atoms with Crippen molar-refractivity contribution in [2.45, 2.75) is 45.3 Å². The van der Waals surface area contributed by atoms with Crippen LogP contribution >= 0.6 is 0 Å². The average Bonchev–Trinajstić information content (AvgIpc) is 2.52. The minimum Gasteiger partial charge on any atom is -0.493 e. The lowest BCUT2D eigenvalue weighted by molar-refractivity contribution is -0.109. The zero-order chi connectivity index (χ0) is 17.9. The number of hydrogen-bond donors (Lipinski definition) is 0. The summed E-state index contributed by atoms with van der Waals surface area (Å²) in [7, 11) is 3.15. The van der Waals surface area contributed by atoms with E-state index in [2.05, 4.69) is 0 Å². The predicted octanol–water partition coefficient (Wildman–Crippen LogP) is 3.13. The molecule has 1 aromatic rings. The second-order valence-electron chi connectivity index (χ2n) is 6.75. The van der Waals surface area contributed by atoms with E-state index in [0.29, 0.717) is 24.5 Å². The molecule has 0 fully saturated rings. The zero-order valence-corrected chi connectivity index (χ0v) is 14.9. The number of carbonyl (C=O) groups excluding carboxylic acids is 2. The van der Waals surface area contributed by atoms with E-state index in [4.69, 9.17) is 14.2 Å². The first-order valence-corrected chi connectivity index (χ1v) is 7.98. The molecule has 1 unspecified atom stereocenters. The number of ether oxygens (including phenoxy) is 3. The first-order valence-electron chi connectivity index (χ1n) is 7.98. The predicted molar refractivity (Wildman–Crippen MR) is 89.6 cm³/mol. The Hall–Kier alpha value is -2.24. The minimum atomic E-state index is -0.583. The van der Waals surface area contributed by atoms with E-state index in [1.807, 2.05) is 32.9 Å². The average molecular weight is 335 g/mol. The van der Waals surface area contributed by atoms with E-state index >= 15 is 0 Å². The molecule has 1 atom stereocenters. The van der Waals surface area contributed by atoms with E-state index < -0.39 is 11.7 Å². The number of aldehydes is 1. The number of fused-ring (bicyclic) bond motifs is 1. The molecule has 6 nitrogen and oxygen atoms in total.